The highest BCUT2D eigenvalue weighted by molar-refractivity contribution is 5.74. The van der Waals surface area contributed by atoms with Crippen molar-refractivity contribution in [1.82, 2.24) is 0 Å². The van der Waals surface area contributed by atoms with Crippen LogP contribution in [0.5, 0.6) is 0 Å². The van der Waals surface area contributed by atoms with Crippen LogP contribution < -0.4 is 0 Å². The predicted octanol–water partition coefficient (Wildman–Crippen LogP) is 5.94. The molecule has 0 saturated heterocycles. The van der Waals surface area contributed by atoms with E-state index in [-0.39, 0.29) is 5.41 Å². The third-order valence-electron chi connectivity index (χ3n) is 5.02. The Kier molecular flexibility index (Phi) is 8.97. The first-order chi connectivity index (χ1) is 9.71. The fourth-order valence-electron chi connectivity index (χ4n) is 3.57. The molecule has 0 heterocycles. The highest BCUT2D eigenvalue weighted by Crippen LogP contribution is 2.39. The molecule has 2 heteroatoms. The van der Waals surface area contributed by atoms with Gasteiger partial charge >= 0.3 is 5.97 Å². The molecule has 20 heavy (non-hydrogen) atoms. The summed E-state index contributed by atoms with van der Waals surface area (Å²) in [5.74, 6) is -0.523. The average molecular weight is 282 g/mol. The molecule has 0 bridgehead atoms. The molecule has 1 rings (SSSR count). The van der Waals surface area contributed by atoms with Gasteiger partial charge in [0.1, 0.15) is 0 Å². The Bertz CT molecular complexity index is 252. The summed E-state index contributed by atoms with van der Waals surface area (Å²) in [5, 5.41) is 9.68. The standard InChI is InChI=1S/C18H34O2/c1-2-3-4-5-6-8-11-14-18(17(19)20)15-12-9-7-10-13-16-18/h2-16H2,1H3,(H,19,20). The van der Waals surface area contributed by atoms with Crippen molar-refractivity contribution in [2.75, 3.05) is 0 Å². The number of carboxylic acid groups (broad SMARTS) is 1. The summed E-state index contributed by atoms with van der Waals surface area (Å²) in [7, 11) is 0. The minimum Gasteiger partial charge on any atom is -0.481 e. The Labute approximate surface area is 125 Å². The Balaban J connectivity index is 2.28. The molecule has 0 atom stereocenters. The number of rotatable bonds is 9. The average Bonchev–Trinajstić information content (AvgIpc) is 2.39. The van der Waals surface area contributed by atoms with Gasteiger partial charge in [-0.1, -0.05) is 84.0 Å². The largest absolute Gasteiger partial charge is 0.481 e. The summed E-state index contributed by atoms with van der Waals surface area (Å²) in [5.41, 5.74) is -0.385. The van der Waals surface area contributed by atoms with E-state index in [1.807, 2.05) is 0 Å². The number of carbonyl (C=O) groups is 1. The van der Waals surface area contributed by atoms with Gasteiger partial charge in [-0.05, 0) is 19.3 Å². The Hall–Kier alpha value is -0.530. The van der Waals surface area contributed by atoms with E-state index >= 15 is 0 Å². The van der Waals surface area contributed by atoms with E-state index in [1.165, 1.54) is 57.8 Å². The SMILES string of the molecule is CCCCCCCCCC1(C(=O)O)CCCCCCC1. The minimum absolute atomic E-state index is 0.385. The van der Waals surface area contributed by atoms with Gasteiger partial charge in [0.25, 0.3) is 0 Å². The van der Waals surface area contributed by atoms with Crippen molar-refractivity contribution in [3.63, 3.8) is 0 Å². The third-order valence-corrected chi connectivity index (χ3v) is 5.02. The Morgan fingerprint density at radius 2 is 1.35 bits per heavy atom. The summed E-state index contributed by atoms with van der Waals surface area (Å²) in [6, 6.07) is 0. The molecule has 0 aromatic heterocycles. The van der Waals surface area contributed by atoms with E-state index in [0.717, 1.165) is 38.5 Å². The van der Waals surface area contributed by atoms with Crippen LogP contribution in [0.15, 0.2) is 0 Å². The molecule has 0 unspecified atom stereocenters. The maximum Gasteiger partial charge on any atom is 0.309 e. The summed E-state index contributed by atoms with van der Waals surface area (Å²) in [4.78, 5) is 11.7. The van der Waals surface area contributed by atoms with Crippen molar-refractivity contribution in [3.8, 4) is 0 Å². The second-order valence-electron chi connectivity index (χ2n) is 6.72. The molecular weight excluding hydrogens is 248 g/mol. The van der Waals surface area contributed by atoms with Gasteiger partial charge in [-0.2, -0.15) is 0 Å². The zero-order chi connectivity index (χ0) is 14.7. The molecule has 0 aromatic carbocycles. The topological polar surface area (TPSA) is 37.3 Å². The highest BCUT2D eigenvalue weighted by atomic mass is 16.4. The van der Waals surface area contributed by atoms with E-state index in [2.05, 4.69) is 6.92 Å². The maximum atomic E-state index is 11.7. The van der Waals surface area contributed by atoms with Crippen molar-refractivity contribution < 1.29 is 9.90 Å². The molecule has 1 N–H and O–H groups in total. The lowest BCUT2D eigenvalue weighted by molar-refractivity contribution is -0.151. The van der Waals surface area contributed by atoms with Crippen LogP contribution in [0.1, 0.15) is 103 Å². The van der Waals surface area contributed by atoms with Crippen molar-refractivity contribution >= 4 is 5.97 Å². The first-order valence-electron chi connectivity index (χ1n) is 8.95. The molecule has 0 spiro atoms. The first-order valence-corrected chi connectivity index (χ1v) is 8.95. The predicted molar refractivity (Wildman–Crippen MR) is 85.0 cm³/mol. The van der Waals surface area contributed by atoms with Crippen molar-refractivity contribution in [1.29, 1.82) is 0 Å². The minimum atomic E-state index is -0.523. The van der Waals surface area contributed by atoms with E-state index < -0.39 is 5.97 Å². The maximum absolute atomic E-state index is 11.7. The summed E-state index contributed by atoms with van der Waals surface area (Å²) in [6.45, 7) is 2.24. The molecule has 0 amide bonds. The van der Waals surface area contributed by atoms with Gasteiger partial charge in [-0.15, -0.1) is 0 Å². The lowest BCUT2D eigenvalue weighted by Crippen LogP contribution is -2.31. The van der Waals surface area contributed by atoms with Crippen LogP contribution in [-0.4, -0.2) is 11.1 Å². The molecule has 1 saturated carbocycles. The zero-order valence-electron chi connectivity index (χ0n) is 13.5. The molecule has 0 aliphatic heterocycles. The van der Waals surface area contributed by atoms with Crippen molar-refractivity contribution in [2.24, 2.45) is 5.41 Å². The van der Waals surface area contributed by atoms with Gasteiger partial charge in [0.15, 0.2) is 0 Å². The Morgan fingerprint density at radius 1 is 0.850 bits per heavy atom. The van der Waals surface area contributed by atoms with E-state index in [1.54, 1.807) is 0 Å². The lowest BCUT2D eigenvalue weighted by Gasteiger charge is -2.31. The van der Waals surface area contributed by atoms with Crippen LogP contribution in [0.4, 0.5) is 0 Å². The van der Waals surface area contributed by atoms with Crippen LogP contribution in [0.2, 0.25) is 0 Å². The number of carboxylic acids is 1. The quantitative estimate of drug-likeness (QED) is 0.531. The number of hydrogen-bond acceptors (Lipinski definition) is 1. The van der Waals surface area contributed by atoms with Gasteiger partial charge in [-0.3, -0.25) is 4.79 Å². The van der Waals surface area contributed by atoms with Crippen molar-refractivity contribution in [3.05, 3.63) is 0 Å². The highest BCUT2D eigenvalue weighted by Gasteiger charge is 2.37. The van der Waals surface area contributed by atoms with Gasteiger partial charge in [0.2, 0.25) is 0 Å². The molecule has 1 fully saturated rings. The van der Waals surface area contributed by atoms with Crippen LogP contribution in [0.3, 0.4) is 0 Å². The molecule has 118 valence electrons. The third kappa shape index (κ3) is 6.28. The second-order valence-corrected chi connectivity index (χ2v) is 6.72. The zero-order valence-corrected chi connectivity index (χ0v) is 13.5. The molecular formula is C18H34O2. The summed E-state index contributed by atoms with van der Waals surface area (Å²) < 4.78 is 0. The smallest absolute Gasteiger partial charge is 0.309 e. The van der Waals surface area contributed by atoms with Gasteiger partial charge in [-0.25, -0.2) is 0 Å². The van der Waals surface area contributed by atoms with Gasteiger partial charge in [0, 0.05) is 0 Å². The first kappa shape index (κ1) is 17.5. The number of aliphatic carboxylic acids is 1. The van der Waals surface area contributed by atoms with E-state index in [4.69, 9.17) is 0 Å². The second kappa shape index (κ2) is 10.2. The summed E-state index contributed by atoms with van der Waals surface area (Å²) >= 11 is 0. The van der Waals surface area contributed by atoms with Gasteiger partial charge < -0.3 is 5.11 Å². The lowest BCUT2D eigenvalue weighted by atomic mass is 9.73. The fraction of sp³-hybridized carbons (Fsp3) is 0.944. The number of unbranched alkanes of at least 4 members (excludes halogenated alkanes) is 6. The number of hydrogen-bond donors (Lipinski definition) is 1. The molecule has 2 nitrogen and oxygen atoms in total. The summed E-state index contributed by atoms with van der Waals surface area (Å²) in [6.07, 6.45) is 17.7. The van der Waals surface area contributed by atoms with Crippen LogP contribution in [-0.2, 0) is 4.79 Å². The van der Waals surface area contributed by atoms with Crippen molar-refractivity contribution in [2.45, 2.75) is 103 Å². The molecule has 1 aliphatic carbocycles. The van der Waals surface area contributed by atoms with Crippen LogP contribution in [0.25, 0.3) is 0 Å². The molecule has 0 aromatic rings. The van der Waals surface area contributed by atoms with Crippen LogP contribution >= 0.6 is 0 Å². The monoisotopic (exact) mass is 282 g/mol. The Morgan fingerprint density at radius 3 is 1.90 bits per heavy atom. The van der Waals surface area contributed by atoms with E-state index in [9.17, 15) is 9.90 Å². The molecule has 1 aliphatic rings. The van der Waals surface area contributed by atoms with Crippen LogP contribution in [0, 0.1) is 5.41 Å². The fourth-order valence-corrected chi connectivity index (χ4v) is 3.57. The van der Waals surface area contributed by atoms with Gasteiger partial charge in [0.05, 0.1) is 5.41 Å². The molecule has 0 radical (unpaired) electrons. The normalized spacial score (nSPS) is 19.2. The van der Waals surface area contributed by atoms with E-state index in [0.29, 0.717) is 0 Å².